The topological polar surface area (TPSA) is 52.6 Å². The zero-order chi connectivity index (χ0) is 11.7. The van der Waals surface area contributed by atoms with Crippen LogP contribution >= 0.6 is 0 Å². The van der Waals surface area contributed by atoms with Crippen LogP contribution in [0.15, 0.2) is 30.4 Å². The van der Waals surface area contributed by atoms with Crippen molar-refractivity contribution in [1.82, 2.24) is 0 Å². The Kier molecular flexibility index (Phi) is 2.48. The third kappa shape index (κ3) is 1.69. The number of cyclic esters (lactones) is 1. The molecule has 0 atom stereocenters. The third-order valence-corrected chi connectivity index (χ3v) is 2.25. The summed E-state index contributed by atoms with van der Waals surface area (Å²) in [6, 6.07) is 4.91. The molecule has 1 aromatic carbocycles. The molecule has 4 heteroatoms. The average molecular weight is 218 g/mol. The zero-order valence-corrected chi connectivity index (χ0v) is 8.78. The van der Waals surface area contributed by atoms with Crippen molar-refractivity contribution in [2.45, 2.75) is 13.5 Å². The maximum absolute atomic E-state index is 11.3. The van der Waals surface area contributed by atoms with Crippen molar-refractivity contribution < 1.29 is 19.1 Å². The van der Waals surface area contributed by atoms with Gasteiger partial charge in [0, 0.05) is 11.1 Å². The van der Waals surface area contributed by atoms with Crippen molar-refractivity contribution in [1.29, 1.82) is 0 Å². The quantitative estimate of drug-likeness (QED) is 0.431. The average Bonchev–Trinajstić information content (AvgIpc) is 2.62. The molecule has 1 aromatic rings. The van der Waals surface area contributed by atoms with Crippen molar-refractivity contribution >= 4 is 11.9 Å². The van der Waals surface area contributed by atoms with Gasteiger partial charge in [0.25, 0.3) is 0 Å². The van der Waals surface area contributed by atoms with E-state index >= 15 is 0 Å². The highest BCUT2D eigenvalue weighted by atomic mass is 16.6. The van der Waals surface area contributed by atoms with Gasteiger partial charge in [0.05, 0.1) is 5.56 Å². The Balaban J connectivity index is 2.33. The zero-order valence-electron chi connectivity index (χ0n) is 8.78. The van der Waals surface area contributed by atoms with E-state index in [1.54, 1.807) is 25.1 Å². The number of hydrogen-bond donors (Lipinski definition) is 0. The summed E-state index contributed by atoms with van der Waals surface area (Å²) >= 11 is 0. The molecule has 0 saturated carbocycles. The minimum atomic E-state index is -0.507. The van der Waals surface area contributed by atoms with Crippen molar-refractivity contribution in [2.75, 3.05) is 0 Å². The van der Waals surface area contributed by atoms with E-state index in [2.05, 4.69) is 6.58 Å². The lowest BCUT2D eigenvalue weighted by molar-refractivity contribution is -0.130. The van der Waals surface area contributed by atoms with E-state index < -0.39 is 5.97 Å². The molecule has 0 aliphatic carbocycles. The van der Waals surface area contributed by atoms with Gasteiger partial charge >= 0.3 is 11.9 Å². The van der Waals surface area contributed by atoms with E-state index in [9.17, 15) is 9.59 Å². The van der Waals surface area contributed by atoms with Gasteiger partial charge in [-0.15, -0.1) is 0 Å². The summed E-state index contributed by atoms with van der Waals surface area (Å²) in [5.41, 5.74) is 1.37. The SMILES string of the molecule is C=C(C)C(=O)Oc1cccc2c1COC2=O. The molecule has 0 bridgehead atoms. The first-order chi connectivity index (χ1) is 7.59. The Labute approximate surface area is 92.5 Å². The normalized spacial score (nSPS) is 12.9. The molecule has 4 nitrogen and oxygen atoms in total. The van der Waals surface area contributed by atoms with Crippen LogP contribution in [0.25, 0.3) is 0 Å². The third-order valence-electron chi connectivity index (χ3n) is 2.25. The molecule has 1 aliphatic heterocycles. The lowest BCUT2D eigenvalue weighted by Crippen LogP contribution is -2.09. The first-order valence-corrected chi connectivity index (χ1v) is 4.76. The number of rotatable bonds is 2. The van der Waals surface area contributed by atoms with E-state index in [1.807, 2.05) is 0 Å². The van der Waals surface area contributed by atoms with Gasteiger partial charge in [-0.2, -0.15) is 0 Å². The maximum Gasteiger partial charge on any atom is 0.339 e. The Morgan fingerprint density at radius 1 is 1.50 bits per heavy atom. The molecular formula is C12H10O4. The second-order valence-corrected chi connectivity index (χ2v) is 3.53. The van der Waals surface area contributed by atoms with Gasteiger partial charge in [-0.05, 0) is 19.1 Å². The summed E-state index contributed by atoms with van der Waals surface area (Å²) < 4.78 is 9.95. The Morgan fingerprint density at radius 2 is 2.25 bits per heavy atom. The minimum absolute atomic E-state index is 0.147. The molecule has 0 radical (unpaired) electrons. The summed E-state index contributed by atoms with van der Waals surface area (Å²) in [5.74, 6) is -0.535. The first-order valence-electron chi connectivity index (χ1n) is 4.76. The van der Waals surface area contributed by atoms with E-state index in [-0.39, 0.29) is 12.6 Å². The van der Waals surface area contributed by atoms with Crippen LogP contribution in [0, 0.1) is 0 Å². The van der Waals surface area contributed by atoms with Crippen molar-refractivity contribution in [3.05, 3.63) is 41.5 Å². The van der Waals surface area contributed by atoms with Gasteiger partial charge < -0.3 is 9.47 Å². The molecular weight excluding hydrogens is 208 g/mol. The summed E-state index contributed by atoms with van der Waals surface area (Å²) in [6.45, 7) is 5.20. The fourth-order valence-corrected chi connectivity index (χ4v) is 1.40. The van der Waals surface area contributed by atoms with Crippen LogP contribution in [0.2, 0.25) is 0 Å². The van der Waals surface area contributed by atoms with Gasteiger partial charge in [0.1, 0.15) is 12.4 Å². The lowest BCUT2D eigenvalue weighted by atomic mass is 10.1. The highest BCUT2D eigenvalue weighted by Gasteiger charge is 2.25. The van der Waals surface area contributed by atoms with Crippen LogP contribution in [0.1, 0.15) is 22.8 Å². The standard InChI is InChI=1S/C12H10O4/c1-7(2)11(13)16-10-5-3-4-8-9(10)6-15-12(8)14/h3-5H,1,6H2,2H3. The summed E-state index contributed by atoms with van der Waals surface area (Å²) in [4.78, 5) is 22.6. The molecule has 1 heterocycles. The molecule has 0 spiro atoms. The predicted octanol–water partition coefficient (Wildman–Crippen LogP) is 1.84. The molecule has 1 aliphatic rings. The van der Waals surface area contributed by atoms with Gasteiger partial charge in [-0.25, -0.2) is 9.59 Å². The summed E-state index contributed by atoms with van der Waals surface area (Å²) in [7, 11) is 0. The van der Waals surface area contributed by atoms with E-state index in [0.717, 1.165) is 0 Å². The summed E-state index contributed by atoms with van der Waals surface area (Å²) in [6.07, 6.45) is 0. The monoisotopic (exact) mass is 218 g/mol. The minimum Gasteiger partial charge on any atom is -0.457 e. The van der Waals surface area contributed by atoms with Crippen LogP contribution in [0.5, 0.6) is 5.75 Å². The highest BCUT2D eigenvalue weighted by molar-refractivity contribution is 5.95. The van der Waals surface area contributed by atoms with Crippen LogP contribution in [-0.2, 0) is 16.1 Å². The smallest absolute Gasteiger partial charge is 0.339 e. The number of esters is 2. The van der Waals surface area contributed by atoms with Crippen LogP contribution in [0.4, 0.5) is 0 Å². The number of hydrogen-bond acceptors (Lipinski definition) is 4. The van der Waals surface area contributed by atoms with E-state index in [0.29, 0.717) is 22.4 Å². The Bertz CT molecular complexity index is 488. The Hall–Kier alpha value is -2.10. The Morgan fingerprint density at radius 3 is 2.94 bits per heavy atom. The number of benzene rings is 1. The molecule has 82 valence electrons. The molecule has 16 heavy (non-hydrogen) atoms. The van der Waals surface area contributed by atoms with Gasteiger partial charge in [-0.1, -0.05) is 12.6 Å². The van der Waals surface area contributed by atoms with Crippen LogP contribution < -0.4 is 4.74 Å². The second-order valence-electron chi connectivity index (χ2n) is 3.53. The number of ether oxygens (including phenoxy) is 2. The molecule has 0 amide bonds. The largest absolute Gasteiger partial charge is 0.457 e. The fraction of sp³-hybridized carbons (Fsp3) is 0.167. The summed E-state index contributed by atoms with van der Waals surface area (Å²) in [5, 5.41) is 0. The molecule has 2 rings (SSSR count). The fourth-order valence-electron chi connectivity index (χ4n) is 1.40. The molecule has 0 unspecified atom stereocenters. The van der Waals surface area contributed by atoms with Gasteiger partial charge in [-0.3, -0.25) is 0 Å². The van der Waals surface area contributed by atoms with Gasteiger partial charge in [0.2, 0.25) is 0 Å². The van der Waals surface area contributed by atoms with Gasteiger partial charge in [0.15, 0.2) is 0 Å². The predicted molar refractivity (Wildman–Crippen MR) is 56.0 cm³/mol. The molecule has 0 N–H and O–H groups in total. The van der Waals surface area contributed by atoms with Crippen molar-refractivity contribution in [3.8, 4) is 5.75 Å². The van der Waals surface area contributed by atoms with Crippen molar-refractivity contribution in [3.63, 3.8) is 0 Å². The number of carbonyl (C=O) groups excluding carboxylic acids is 2. The van der Waals surface area contributed by atoms with Crippen LogP contribution in [-0.4, -0.2) is 11.9 Å². The number of fused-ring (bicyclic) bond motifs is 1. The maximum atomic E-state index is 11.3. The molecule has 0 fully saturated rings. The molecule has 0 saturated heterocycles. The first kappa shape index (κ1) is 10.4. The highest BCUT2D eigenvalue weighted by Crippen LogP contribution is 2.29. The molecule has 0 aromatic heterocycles. The van der Waals surface area contributed by atoms with E-state index in [4.69, 9.17) is 9.47 Å². The second kappa shape index (κ2) is 3.81. The van der Waals surface area contributed by atoms with Crippen molar-refractivity contribution in [2.24, 2.45) is 0 Å². The lowest BCUT2D eigenvalue weighted by Gasteiger charge is -2.06. The van der Waals surface area contributed by atoms with Crippen LogP contribution in [0.3, 0.4) is 0 Å². The van der Waals surface area contributed by atoms with E-state index in [1.165, 1.54) is 0 Å². The number of carbonyl (C=O) groups is 2.